The summed E-state index contributed by atoms with van der Waals surface area (Å²) in [5.41, 5.74) is 4.63. The van der Waals surface area contributed by atoms with E-state index in [0.29, 0.717) is 50.6 Å². The number of benzene rings is 2. The Bertz CT molecular complexity index is 1690. The van der Waals surface area contributed by atoms with E-state index in [2.05, 4.69) is 28.7 Å². The third kappa shape index (κ3) is 34.3. The summed E-state index contributed by atoms with van der Waals surface area (Å²) in [6.45, 7) is 13.3. The number of hydrogen-bond acceptors (Lipinski definition) is 20. The molecule has 4 N–H and O–H groups in total. The monoisotopic (exact) mass is 1040 g/mol. The number of hydrogen-bond donors (Lipinski definition) is 4. The number of aliphatic hydroxyl groups excluding tert-OH is 2. The quantitative estimate of drug-likeness (QED) is 0.0269. The van der Waals surface area contributed by atoms with Crippen LogP contribution in [0.25, 0.3) is 0 Å². The summed E-state index contributed by atoms with van der Waals surface area (Å²) in [5, 5.41) is 19.4. The number of alkyl carbamates (subject to hydrolysis) is 2. The highest BCUT2D eigenvalue weighted by Gasteiger charge is 2.15. The molecule has 22 nitrogen and oxygen atoms in total. The van der Waals surface area contributed by atoms with Crippen LogP contribution in [-0.2, 0) is 69.0 Å². The van der Waals surface area contributed by atoms with Crippen molar-refractivity contribution >= 4 is 39.8 Å². The zero-order chi connectivity index (χ0) is 53.4. The van der Waals surface area contributed by atoms with Crippen LogP contribution in [0, 0.1) is 27.7 Å². The molecule has 0 saturated heterocycles. The zero-order valence-corrected chi connectivity index (χ0v) is 44.4. The second kappa shape index (κ2) is 41.6. The largest absolute Gasteiger partial charge is 0.756 e. The molecule has 2 rings (SSSR count). The van der Waals surface area contributed by atoms with E-state index < -0.39 is 39.8 Å². The number of phosphoric acid groups is 2. The van der Waals surface area contributed by atoms with Gasteiger partial charge in [0.1, 0.15) is 37.9 Å². The highest BCUT2D eigenvalue weighted by Crippen LogP contribution is 2.37. The van der Waals surface area contributed by atoms with Crippen molar-refractivity contribution < 1.29 is 94.8 Å². The Morgan fingerprint density at radius 1 is 0.529 bits per heavy atom. The SMILES string of the molecule is CCCOCC(=O)Oc1c(C)cc(COC(=O)NCCCCCCOP(=O)([O-])OC)cc1C.CCCOCC(=O)Oc1c(C)cc(COC(=O)NCCCCCCOP(=O)([O-])OC)cc1C.CO.CO. The summed E-state index contributed by atoms with van der Waals surface area (Å²) < 4.78 is 71.3. The predicted molar refractivity (Wildman–Crippen MR) is 256 cm³/mol. The van der Waals surface area contributed by atoms with Crippen LogP contribution in [0.5, 0.6) is 11.5 Å². The lowest BCUT2D eigenvalue weighted by Crippen LogP contribution is -2.25. The number of ether oxygens (including phenoxy) is 6. The van der Waals surface area contributed by atoms with Gasteiger partial charge in [0.05, 0.1) is 13.2 Å². The highest BCUT2D eigenvalue weighted by molar-refractivity contribution is 7.46. The third-order valence-corrected chi connectivity index (χ3v) is 10.9. The van der Waals surface area contributed by atoms with Crippen molar-refractivity contribution in [2.24, 2.45) is 0 Å². The molecule has 0 spiro atoms. The van der Waals surface area contributed by atoms with Gasteiger partial charge < -0.3 is 77.1 Å². The summed E-state index contributed by atoms with van der Waals surface area (Å²) in [6.07, 6.45) is 6.37. The van der Waals surface area contributed by atoms with E-state index in [9.17, 15) is 38.1 Å². The molecule has 2 unspecified atom stereocenters. The van der Waals surface area contributed by atoms with Crippen molar-refractivity contribution in [2.75, 3.05) is 81.2 Å². The molecular weight excluding hydrogens is 962 g/mol. The van der Waals surface area contributed by atoms with Gasteiger partial charge in [-0.2, -0.15) is 0 Å². The third-order valence-electron chi connectivity index (χ3n) is 8.98. The first-order chi connectivity index (χ1) is 33.4. The molecule has 2 aromatic rings. The molecular formula is C46H78N2O20P2-2. The first-order valence-electron chi connectivity index (χ1n) is 22.9. The second-order valence-electron chi connectivity index (χ2n) is 14.9. The van der Waals surface area contributed by atoms with Crippen LogP contribution in [-0.4, -0.2) is 116 Å². The van der Waals surface area contributed by atoms with Gasteiger partial charge in [-0.05, 0) is 124 Å². The molecule has 0 aliphatic rings. The fourth-order valence-electron chi connectivity index (χ4n) is 5.85. The number of rotatable bonds is 32. The van der Waals surface area contributed by atoms with E-state index in [1.165, 1.54) is 0 Å². The number of esters is 2. The Labute approximate surface area is 413 Å². The predicted octanol–water partition coefficient (Wildman–Crippen LogP) is 6.32. The van der Waals surface area contributed by atoms with Gasteiger partial charge in [0.2, 0.25) is 0 Å². The van der Waals surface area contributed by atoms with Crippen LogP contribution < -0.4 is 29.9 Å². The lowest BCUT2D eigenvalue weighted by Gasteiger charge is -2.19. The number of aryl methyl sites for hydroxylation is 4. The fourth-order valence-corrected chi connectivity index (χ4v) is 6.77. The van der Waals surface area contributed by atoms with Crippen LogP contribution in [0.4, 0.5) is 9.59 Å². The standard InChI is InChI=1S/2C22H36NO9P.2CH4O/c2*1-5-11-29-16-20(24)32-21-17(2)13-19(14-18(21)3)15-30-22(25)23-10-8-6-7-9-12-31-33(26,27)28-4;2*1-2/h2*13-14H,5-12,15-16H2,1-4H3,(H,23,25)(H,26,27);2*2H,1H3/p-2. The minimum atomic E-state index is -4.15. The first kappa shape index (κ1) is 68.1. The van der Waals surface area contributed by atoms with Crippen molar-refractivity contribution in [1.29, 1.82) is 0 Å². The Balaban J connectivity index is 0. The van der Waals surface area contributed by atoms with Crippen molar-refractivity contribution in [3.63, 3.8) is 0 Å². The molecule has 0 radical (unpaired) electrons. The molecule has 0 aliphatic carbocycles. The van der Waals surface area contributed by atoms with E-state index >= 15 is 0 Å². The van der Waals surface area contributed by atoms with E-state index in [-0.39, 0.29) is 39.6 Å². The number of unbranched alkanes of at least 4 members (excludes halogenated alkanes) is 6. The van der Waals surface area contributed by atoms with E-state index in [4.69, 9.17) is 38.6 Å². The van der Waals surface area contributed by atoms with Crippen LogP contribution >= 0.6 is 15.6 Å². The summed E-state index contributed by atoms with van der Waals surface area (Å²) in [4.78, 5) is 69.6. The van der Waals surface area contributed by atoms with Crippen molar-refractivity contribution in [3.8, 4) is 11.5 Å². The summed E-state index contributed by atoms with van der Waals surface area (Å²) in [5.74, 6) is 0.0647. The van der Waals surface area contributed by atoms with Crippen LogP contribution in [0.2, 0.25) is 0 Å². The minimum absolute atomic E-state index is 0.0769. The molecule has 2 amide bonds. The maximum absolute atomic E-state index is 11.9. The molecule has 0 aromatic heterocycles. The van der Waals surface area contributed by atoms with Crippen molar-refractivity contribution in [2.45, 2.75) is 119 Å². The number of aliphatic hydroxyl groups is 2. The Hall–Kier alpha value is -4.02. The molecule has 2 atom stereocenters. The first-order valence-corrected chi connectivity index (χ1v) is 25.8. The number of carbonyl (C=O) groups is 4. The fraction of sp³-hybridized carbons (Fsp3) is 0.652. The van der Waals surface area contributed by atoms with Gasteiger partial charge in [0.25, 0.3) is 15.6 Å². The summed E-state index contributed by atoms with van der Waals surface area (Å²) >= 11 is 0. The maximum atomic E-state index is 11.9. The van der Waals surface area contributed by atoms with E-state index in [0.717, 1.165) is 113 Å². The minimum Gasteiger partial charge on any atom is -0.756 e. The Kier molecular flexibility index (Phi) is 40.4. The number of carbonyl (C=O) groups excluding carboxylic acids is 4. The van der Waals surface area contributed by atoms with Gasteiger partial charge in [-0.3, -0.25) is 9.13 Å². The van der Waals surface area contributed by atoms with Gasteiger partial charge >= 0.3 is 24.1 Å². The number of amides is 2. The second-order valence-corrected chi connectivity index (χ2v) is 18.0. The lowest BCUT2D eigenvalue weighted by atomic mass is 10.1. The molecule has 24 heteroatoms. The Morgan fingerprint density at radius 3 is 1.14 bits per heavy atom. The van der Waals surface area contributed by atoms with Crippen molar-refractivity contribution in [3.05, 3.63) is 57.6 Å². The van der Waals surface area contributed by atoms with E-state index in [1.54, 1.807) is 0 Å². The maximum Gasteiger partial charge on any atom is 0.407 e. The van der Waals surface area contributed by atoms with Crippen LogP contribution in [0.1, 0.15) is 111 Å². The van der Waals surface area contributed by atoms with Crippen LogP contribution in [0.15, 0.2) is 24.3 Å². The molecule has 2 aromatic carbocycles. The molecule has 70 heavy (non-hydrogen) atoms. The van der Waals surface area contributed by atoms with Gasteiger partial charge in [0, 0.05) is 54.7 Å². The average molecular weight is 1040 g/mol. The zero-order valence-electron chi connectivity index (χ0n) is 42.6. The van der Waals surface area contributed by atoms with Crippen LogP contribution in [0.3, 0.4) is 0 Å². The lowest BCUT2D eigenvalue weighted by molar-refractivity contribution is -0.224. The molecule has 0 saturated carbocycles. The highest BCUT2D eigenvalue weighted by atomic mass is 31.2. The topological polar surface area (TPSA) is 305 Å². The summed E-state index contributed by atoms with van der Waals surface area (Å²) in [7, 11) is -4.20. The smallest absolute Gasteiger partial charge is 0.407 e. The average Bonchev–Trinajstić information content (AvgIpc) is 3.33. The van der Waals surface area contributed by atoms with Gasteiger partial charge in [0.15, 0.2) is 0 Å². The Morgan fingerprint density at radius 2 is 0.843 bits per heavy atom. The van der Waals surface area contributed by atoms with E-state index in [1.807, 2.05) is 65.8 Å². The van der Waals surface area contributed by atoms with Gasteiger partial charge in [-0.25, -0.2) is 19.2 Å². The summed E-state index contributed by atoms with van der Waals surface area (Å²) in [6, 6.07) is 7.23. The molecule has 0 heterocycles. The van der Waals surface area contributed by atoms with Gasteiger partial charge in [-0.15, -0.1) is 0 Å². The number of nitrogens with one attached hydrogen (secondary N) is 2. The molecule has 404 valence electrons. The number of phosphoric ester groups is 2. The molecule has 0 aliphatic heterocycles. The van der Waals surface area contributed by atoms with Crippen molar-refractivity contribution in [1.82, 2.24) is 10.6 Å². The molecule has 0 fully saturated rings. The normalized spacial score (nSPS) is 12.2. The molecule has 0 bridgehead atoms. The van der Waals surface area contributed by atoms with Gasteiger partial charge in [-0.1, -0.05) is 39.5 Å².